The predicted molar refractivity (Wildman–Crippen MR) is 154 cm³/mol. The Kier molecular flexibility index (Phi) is 8.75. The SMILES string of the molecule is Cc1c(C(=O)C(N)=O)c2c(OCC(=O)O)cccc2n1CSCn1c(C)c(C(=O)C(N)=O)c2c(OCC(=O)O)cccc21. The van der Waals surface area contributed by atoms with Crippen LogP contribution in [0.15, 0.2) is 36.4 Å². The van der Waals surface area contributed by atoms with Crippen LogP contribution in [0.1, 0.15) is 32.1 Å². The van der Waals surface area contributed by atoms with Crippen LogP contribution in [0.4, 0.5) is 0 Å². The van der Waals surface area contributed by atoms with Gasteiger partial charge >= 0.3 is 11.9 Å². The average Bonchev–Trinajstić information content (AvgIpc) is 3.40. The minimum absolute atomic E-state index is 0.0127. The number of thioether (sulfide) groups is 1. The Bertz CT molecular complexity index is 1710. The van der Waals surface area contributed by atoms with Gasteiger partial charge in [0.1, 0.15) is 11.5 Å². The monoisotopic (exact) mass is 610 g/mol. The summed E-state index contributed by atoms with van der Waals surface area (Å²) in [6, 6.07) is 9.55. The summed E-state index contributed by atoms with van der Waals surface area (Å²) in [4.78, 5) is 71.6. The number of ketones is 2. The van der Waals surface area contributed by atoms with Gasteiger partial charge in [0.15, 0.2) is 13.2 Å². The molecule has 4 aromatic rings. The first-order valence-electron chi connectivity index (χ1n) is 12.5. The lowest BCUT2D eigenvalue weighted by atomic mass is 10.1. The van der Waals surface area contributed by atoms with Crippen LogP contribution in [-0.4, -0.2) is 67.9 Å². The highest BCUT2D eigenvalue weighted by Gasteiger charge is 2.28. The minimum Gasteiger partial charge on any atom is -0.481 e. The Morgan fingerprint density at radius 2 is 1.07 bits per heavy atom. The fraction of sp³-hybridized carbons (Fsp3) is 0.214. The van der Waals surface area contributed by atoms with Crippen molar-refractivity contribution in [3.8, 4) is 11.5 Å². The summed E-state index contributed by atoms with van der Waals surface area (Å²) in [5, 5.41) is 18.6. The number of aliphatic carboxylic acids is 2. The quantitative estimate of drug-likeness (QED) is 0.119. The third-order valence-corrected chi connectivity index (χ3v) is 7.55. The van der Waals surface area contributed by atoms with Crippen molar-refractivity contribution in [2.75, 3.05) is 13.2 Å². The molecule has 6 N–H and O–H groups in total. The molecule has 0 bridgehead atoms. The number of carbonyl (C=O) groups is 6. The molecule has 0 aliphatic rings. The lowest BCUT2D eigenvalue weighted by molar-refractivity contribution is -0.140. The van der Waals surface area contributed by atoms with Crippen molar-refractivity contribution in [2.24, 2.45) is 11.5 Å². The number of rotatable bonds is 14. The first-order valence-corrected chi connectivity index (χ1v) is 13.7. The summed E-state index contributed by atoms with van der Waals surface area (Å²) in [6.07, 6.45) is 0. The lowest BCUT2D eigenvalue weighted by Crippen LogP contribution is -2.24. The molecule has 4 rings (SSSR count). The van der Waals surface area contributed by atoms with Gasteiger partial charge in [0.25, 0.3) is 23.4 Å². The molecule has 0 atom stereocenters. The molecule has 2 aromatic heterocycles. The molecule has 0 unspecified atom stereocenters. The maximum Gasteiger partial charge on any atom is 0.341 e. The van der Waals surface area contributed by atoms with Crippen LogP contribution in [0.25, 0.3) is 21.8 Å². The van der Waals surface area contributed by atoms with E-state index in [0.29, 0.717) is 22.4 Å². The van der Waals surface area contributed by atoms with Crippen LogP contribution in [-0.2, 0) is 30.9 Å². The molecule has 0 radical (unpaired) electrons. The summed E-state index contributed by atoms with van der Waals surface area (Å²) in [5.74, 6) is -6.16. The largest absolute Gasteiger partial charge is 0.481 e. The Morgan fingerprint density at radius 1 is 0.698 bits per heavy atom. The van der Waals surface area contributed by atoms with Gasteiger partial charge in [-0.05, 0) is 38.1 Å². The van der Waals surface area contributed by atoms with E-state index in [1.165, 1.54) is 23.9 Å². The summed E-state index contributed by atoms with van der Waals surface area (Å²) < 4.78 is 14.3. The molecule has 0 saturated heterocycles. The fourth-order valence-corrected chi connectivity index (χ4v) is 5.97. The number of hydrogen-bond acceptors (Lipinski definition) is 9. The van der Waals surface area contributed by atoms with Crippen molar-refractivity contribution in [2.45, 2.75) is 25.6 Å². The Labute approximate surface area is 247 Å². The van der Waals surface area contributed by atoms with E-state index in [9.17, 15) is 28.8 Å². The first kappa shape index (κ1) is 30.6. The molecule has 224 valence electrons. The number of carboxylic acids is 2. The van der Waals surface area contributed by atoms with Gasteiger partial charge in [0, 0.05) is 11.4 Å². The highest BCUT2D eigenvalue weighted by atomic mass is 32.2. The van der Waals surface area contributed by atoms with Crippen LogP contribution in [0.3, 0.4) is 0 Å². The topological polar surface area (TPSA) is 223 Å². The molecular formula is C28H26N4O10S. The summed E-state index contributed by atoms with van der Waals surface area (Å²) in [6.45, 7) is 1.88. The Morgan fingerprint density at radius 3 is 1.40 bits per heavy atom. The smallest absolute Gasteiger partial charge is 0.341 e. The van der Waals surface area contributed by atoms with Crippen molar-refractivity contribution >= 4 is 68.9 Å². The van der Waals surface area contributed by atoms with E-state index < -0.39 is 48.5 Å². The standard InChI is InChI=1S/C28H26N4O10S/c1-13-21(25(37)27(29)39)23-15(5-3-7-17(23)41-9-19(33)34)31(13)11-43-12-32-14(2)22(26(38)28(30)40)24-16(32)6-4-8-18(24)42-10-20(35)36/h3-8H,9-12H2,1-2H3,(H2,29,39)(H2,30,40)(H,33,34)(H,35,36). The van der Waals surface area contributed by atoms with Crippen LogP contribution in [0.2, 0.25) is 0 Å². The van der Waals surface area contributed by atoms with Gasteiger partial charge in [-0.15, -0.1) is 11.8 Å². The second kappa shape index (κ2) is 12.3. The third-order valence-electron chi connectivity index (χ3n) is 6.67. The van der Waals surface area contributed by atoms with Gasteiger partial charge in [-0.2, -0.15) is 0 Å². The van der Waals surface area contributed by atoms with Crippen molar-refractivity contribution in [3.63, 3.8) is 0 Å². The fourth-order valence-electron chi connectivity index (χ4n) is 4.86. The summed E-state index contributed by atoms with van der Waals surface area (Å²) in [7, 11) is 0. The van der Waals surface area contributed by atoms with E-state index in [1.54, 1.807) is 47.2 Å². The van der Waals surface area contributed by atoms with Gasteiger partial charge < -0.3 is 40.3 Å². The molecule has 14 nitrogen and oxygen atoms in total. The van der Waals surface area contributed by atoms with Gasteiger partial charge in [0.05, 0.1) is 44.7 Å². The van der Waals surface area contributed by atoms with Crippen LogP contribution in [0, 0.1) is 13.8 Å². The van der Waals surface area contributed by atoms with E-state index in [4.69, 9.17) is 31.2 Å². The van der Waals surface area contributed by atoms with E-state index in [2.05, 4.69) is 0 Å². The van der Waals surface area contributed by atoms with E-state index in [1.807, 2.05) is 0 Å². The zero-order valence-corrected chi connectivity index (χ0v) is 23.7. The molecule has 0 aliphatic heterocycles. The van der Waals surface area contributed by atoms with Crippen molar-refractivity contribution < 1.29 is 48.5 Å². The number of aromatic nitrogens is 2. The van der Waals surface area contributed by atoms with Crippen LogP contribution in [0.5, 0.6) is 11.5 Å². The molecule has 15 heteroatoms. The summed E-state index contributed by atoms with van der Waals surface area (Å²) in [5.41, 5.74) is 12.3. The Hall–Kier alpha value is -5.31. The highest BCUT2D eigenvalue weighted by molar-refractivity contribution is 7.97. The van der Waals surface area contributed by atoms with Crippen LogP contribution >= 0.6 is 11.8 Å². The first-order chi connectivity index (χ1) is 20.3. The average molecular weight is 611 g/mol. The van der Waals surface area contributed by atoms with Gasteiger partial charge in [-0.1, -0.05) is 12.1 Å². The van der Waals surface area contributed by atoms with E-state index in [-0.39, 0.29) is 45.2 Å². The molecule has 0 spiro atoms. The lowest BCUT2D eigenvalue weighted by Gasteiger charge is -2.12. The zero-order valence-electron chi connectivity index (χ0n) is 22.9. The Balaban J connectivity index is 1.76. The maximum absolute atomic E-state index is 12.8. The number of benzene rings is 2. The molecule has 0 saturated carbocycles. The number of hydrogen-bond donors (Lipinski definition) is 4. The number of carbonyl (C=O) groups excluding carboxylic acids is 4. The zero-order chi connectivity index (χ0) is 31.6. The molecule has 2 heterocycles. The molecule has 0 fully saturated rings. The minimum atomic E-state index is -1.23. The number of primary amides is 2. The number of ether oxygens (including phenoxy) is 2. The molecule has 2 aromatic carbocycles. The summed E-state index contributed by atoms with van der Waals surface area (Å²) >= 11 is 1.33. The number of Topliss-reactive ketones (excluding diaryl/α,β-unsaturated/α-hetero) is 2. The second-order valence-electron chi connectivity index (χ2n) is 9.29. The number of carboxylic acid groups (broad SMARTS) is 2. The maximum atomic E-state index is 12.8. The highest BCUT2D eigenvalue weighted by Crippen LogP contribution is 2.37. The van der Waals surface area contributed by atoms with Gasteiger partial charge in [-0.25, -0.2) is 9.59 Å². The van der Waals surface area contributed by atoms with Crippen molar-refractivity contribution in [1.29, 1.82) is 0 Å². The third kappa shape index (κ3) is 5.88. The normalized spacial score (nSPS) is 11.0. The number of fused-ring (bicyclic) bond motifs is 2. The van der Waals surface area contributed by atoms with Gasteiger partial charge in [0.2, 0.25) is 0 Å². The number of nitrogens with zero attached hydrogens (tertiary/aromatic N) is 2. The van der Waals surface area contributed by atoms with Crippen molar-refractivity contribution in [3.05, 3.63) is 58.9 Å². The van der Waals surface area contributed by atoms with E-state index >= 15 is 0 Å². The van der Waals surface area contributed by atoms with Crippen LogP contribution < -0.4 is 20.9 Å². The molecule has 2 amide bonds. The number of amides is 2. The number of nitrogens with two attached hydrogens (primary N) is 2. The van der Waals surface area contributed by atoms with E-state index in [0.717, 1.165) is 0 Å². The van der Waals surface area contributed by atoms with Crippen molar-refractivity contribution in [1.82, 2.24) is 9.13 Å². The molecule has 43 heavy (non-hydrogen) atoms. The predicted octanol–water partition coefficient (Wildman–Crippen LogP) is 1.82. The second-order valence-corrected chi connectivity index (χ2v) is 10.2. The van der Waals surface area contributed by atoms with Gasteiger partial charge in [-0.3, -0.25) is 19.2 Å². The molecule has 0 aliphatic carbocycles. The molecular weight excluding hydrogens is 584 g/mol.